The van der Waals surface area contributed by atoms with Gasteiger partial charge in [0.1, 0.15) is 11.4 Å². The van der Waals surface area contributed by atoms with E-state index in [-0.39, 0.29) is 5.75 Å². The molecule has 3 rings (SSSR count). The lowest BCUT2D eigenvalue weighted by atomic mass is 10.1. The molecular weight excluding hydrogens is 254 g/mol. The van der Waals surface area contributed by atoms with Crippen molar-refractivity contribution in [3.63, 3.8) is 0 Å². The molecule has 3 aromatic rings. The molecule has 0 amide bonds. The minimum Gasteiger partial charge on any atom is -0.508 e. The van der Waals surface area contributed by atoms with E-state index in [1.807, 2.05) is 26.0 Å². The molecule has 0 saturated heterocycles. The van der Waals surface area contributed by atoms with Crippen LogP contribution < -0.4 is 0 Å². The highest BCUT2D eigenvalue weighted by Gasteiger charge is 2.12. The van der Waals surface area contributed by atoms with E-state index in [2.05, 4.69) is 15.1 Å². The van der Waals surface area contributed by atoms with E-state index in [1.54, 1.807) is 24.4 Å². The summed E-state index contributed by atoms with van der Waals surface area (Å²) in [4.78, 5) is 8.56. The van der Waals surface area contributed by atoms with Crippen LogP contribution in [0.5, 0.6) is 5.75 Å². The van der Waals surface area contributed by atoms with Crippen molar-refractivity contribution in [2.75, 3.05) is 0 Å². The maximum atomic E-state index is 9.53. The first kappa shape index (κ1) is 12.3. The summed E-state index contributed by atoms with van der Waals surface area (Å²) >= 11 is 0. The second-order valence-corrected chi connectivity index (χ2v) is 4.64. The predicted molar refractivity (Wildman–Crippen MR) is 74.1 cm³/mol. The van der Waals surface area contributed by atoms with Crippen LogP contribution in [0.1, 0.15) is 11.1 Å². The van der Waals surface area contributed by atoms with Crippen molar-refractivity contribution in [3.8, 4) is 28.7 Å². The molecule has 0 atom stereocenters. The maximum Gasteiger partial charge on any atom is 0.258 e. The Bertz CT molecular complexity index is 765. The number of pyridine rings is 1. The molecule has 5 nitrogen and oxygen atoms in total. The van der Waals surface area contributed by atoms with Gasteiger partial charge in [0.2, 0.25) is 5.82 Å². The quantitative estimate of drug-likeness (QED) is 0.772. The summed E-state index contributed by atoms with van der Waals surface area (Å²) in [7, 11) is 0. The zero-order valence-corrected chi connectivity index (χ0v) is 11.2. The molecule has 0 aliphatic carbocycles. The van der Waals surface area contributed by atoms with Crippen molar-refractivity contribution in [2.45, 2.75) is 13.8 Å². The molecular formula is C15H13N3O2. The number of phenols is 1. The summed E-state index contributed by atoms with van der Waals surface area (Å²) < 4.78 is 5.26. The number of benzene rings is 1. The van der Waals surface area contributed by atoms with Gasteiger partial charge in [-0.2, -0.15) is 4.98 Å². The van der Waals surface area contributed by atoms with Crippen LogP contribution in [0.25, 0.3) is 23.0 Å². The lowest BCUT2D eigenvalue weighted by Gasteiger charge is -1.99. The highest BCUT2D eigenvalue weighted by molar-refractivity contribution is 5.59. The van der Waals surface area contributed by atoms with Crippen LogP contribution >= 0.6 is 0 Å². The van der Waals surface area contributed by atoms with Gasteiger partial charge in [0.25, 0.3) is 5.89 Å². The van der Waals surface area contributed by atoms with Crippen LogP contribution in [0.2, 0.25) is 0 Å². The number of nitrogens with zero attached hydrogens (tertiary/aromatic N) is 3. The fourth-order valence-electron chi connectivity index (χ4n) is 1.89. The molecule has 100 valence electrons. The lowest BCUT2D eigenvalue weighted by molar-refractivity contribution is 0.432. The van der Waals surface area contributed by atoms with Gasteiger partial charge in [0, 0.05) is 11.8 Å². The van der Waals surface area contributed by atoms with Crippen LogP contribution in [-0.2, 0) is 0 Å². The number of hydrogen-bond donors (Lipinski definition) is 1. The molecule has 0 aliphatic heterocycles. The van der Waals surface area contributed by atoms with E-state index < -0.39 is 0 Å². The Hall–Kier alpha value is -2.69. The Morgan fingerprint density at radius 2 is 1.95 bits per heavy atom. The highest BCUT2D eigenvalue weighted by Crippen LogP contribution is 2.25. The van der Waals surface area contributed by atoms with Gasteiger partial charge in [-0.15, -0.1) is 0 Å². The summed E-state index contributed by atoms with van der Waals surface area (Å²) in [5.41, 5.74) is 3.29. The number of aryl methyl sites for hydroxylation is 2. The number of rotatable bonds is 2. The van der Waals surface area contributed by atoms with Gasteiger partial charge in [-0.1, -0.05) is 5.16 Å². The first-order chi connectivity index (χ1) is 9.63. The standard InChI is InChI=1S/C15H13N3O2/c1-9-5-6-16-12(7-9)14-17-15(20-18-14)11-3-4-13(19)10(2)8-11/h3-8,19H,1-2H3. The largest absolute Gasteiger partial charge is 0.508 e. The SMILES string of the molecule is Cc1ccnc(-c2noc(-c3ccc(O)c(C)c3)n2)c1. The monoisotopic (exact) mass is 267 g/mol. The van der Waals surface area contributed by atoms with Gasteiger partial charge in [-0.05, 0) is 55.3 Å². The second kappa shape index (κ2) is 4.77. The molecule has 1 N–H and O–H groups in total. The zero-order chi connectivity index (χ0) is 14.1. The van der Waals surface area contributed by atoms with Gasteiger partial charge in [-0.3, -0.25) is 4.98 Å². The Kier molecular flexibility index (Phi) is 2.95. The first-order valence-corrected chi connectivity index (χ1v) is 6.20. The molecule has 1 aromatic carbocycles. The maximum absolute atomic E-state index is 9.53. The van der Waals surface area contributed by atoms with Crippen molar-refractivity contribution >= 4 is 0 Å². The summed E-state index contributed by atoms with van der Waals surface area (Å²) in [6.45, 7) is 3.80. The van der Waals surface area contributed by atoms with Crippen LogP contribution in [0.4, 0.5) is 0 Å². The lowest BCUT2D eigenvalue weighted by Crippen LogP contribution is -1.86. The van der Waals surface area contributed by atoms with E-state index >= 15 is 0 Å². The number of hydrogen-bond acceptors (Lipinski definition) is 5. The van der Waals surface area contributed by atoms with E-state index in [9.17, 15) is 5.11 Å². The van der Waals surface area contributed by atoms with E-state index in [4.69, 9.17) is 4.52 Å². The first-order valence-electron chi connectivity index (χ1n) is 6.20. The smallest absolute Gasteiger partial charge is 0.258 e. The third-order valence-electron chi connectivity index (χ3n) is 3.01. The Morgan fingerprint density at radius 3 is 2.70 bits per heavy atom. The van der Waals surface area contributed by atoms with Crippen LogP contribution in [-0.4, -0.2) is 20.2 Å². The third-order valence-corrected chi connectivity index (χ3v) is 3.01. The molecule has 0 fully saturated rings. The molecule has 5 heteroatoms. The molecule has 0 aliphatic rings. The van der Waals surface area contributed by atoms with Gasteiger partial charge < -0.3 is 9.63 Å². The average Bonchev–Trinajstić information content (AvgIpc) is 2.92. The van der Waals surface area contributed by atoms with Gasteiger partial charge in [0.15, 0.2) is 0 Å². The van der Waals surface area contributed by atoms with Crippen molar-refractivity contribution in [1.29, 1.82) is 0 Å². The zero-order valence-electron chi connectivity index (χ0n) is 11.2. The van der Waals surface area contributed by atoms with Crippen LogP contribution in [0.3, 0.4) is 0 Å². The van der Waals surface area contributed by atoms with Crippen molar-refractivity contribution < 1.29 is 9.63 Å². The van der Waals surface area contributed by atoms with Crippen molar-refractivity contribution in [2.24, 2.45) is 0 Å². The fraction of sp³-hybridized carbons (Fsp3) is 0.133. The molecule has 0 radical (unpaired) electrons. The highest BCUT2D eigenvalue weighted by atomic mass is 16.5. The molecule has 0 bridgehead atoms. The third kappa shape index (κ3) is 2.25. The van der Waals surface area contributed by atoms with Crippen LogP contribution in [0.15, 0.2) is 41.1 Å². The number of aromatic hydroxyl groups is 1. The Morgan fingerprint density at radius 1 is 1.10 bits per heavy atom. The molecule has 20 heavy (non-hydrogen) atoms. The Balaban J connectivity index is 1.99. The predicted octanol–water partition coefficient (Wildman–Crippen LogP) is 3.12. The van der Waals surface area contributed by atoms with E-state index in [0.717, 1.165) is 16.7 Å². The number of phenolic OH excluding ortho intramolecular Hbond substituents is 1. The molecule has 0 unspecified atom stereocenters. The second-order valence-electron chi connectivity index (χ2n) is 4.64. The average molecular weight is 267 g/mol. The fourth-order valence-corrected chi connectivity index (χ4v) is 1.89. The van der Waals surface area contributed by atoms with Crippen LogP contribution in [0, 0.1) is 13.8 Å². The minimum absolute atomic E-state index is 0.244. The molecule has 0 saturated carbocycles. The number of aromatic nitrogens is 3. The van der Waals surface area contributed by atoms with Crippen molar-refractivity contribution in [1.82, 2.24) is 15.1 Å². The summed E-state index contributed by atoms with van der Waals surface area (Å²) in [5.74, 6) is 1.11. The van der Waals surface area contributed by atoms with E-state index in [1.165, 1.54) is 0 Å². The van der Waals surface area contributed by atoms with Gasteiger partial charge in [0.05, 0.1) is 0 Å². The Labute approximate surface area is 115 Å². The van der Waals surface area contributed by atoms with Gasteiger partial charge >= 0.3 is 0 Å². The van der Waals surface area contributed by atoms with Crippen molar-refractivity contribution in [3.05, 3.63) is 47.7 Å². The summed E-state index contributed by atoms with van der Waals surface area (Å²) in [6, 6.07) is 8.96. The molecule has 2 aromatic heterocycles. The summed E-state index contributed by atoms with van der Waals surface area (Å²) in [6.07, 6.45) is 1.71. The topological polar surface area (TPSA) is 72.0 Å². The van der Waals surface area contributed by atoms with E-state index in [0.29, 0.717) is 17.4 Å². The summed E-state index contributed by atoms with van der Waals surface area (Å²) in [5, 5.41) is 13.5. The molecule has 2 heterocycles. The normalized spacial score (nSPS) is 10.7. The van der Waals surface area contributed by atoms with Gasteiger partial charge in [-0.25, -0.2) is 0 Å². The molecule has 0 spiro atoms. The minimum atomic E-state index is 0.244.